The molecule has 0 radical (unpaired) electrons. The van der Waals surface area contributed by atoms with Crippen molar-refractivity contribution in [2.75, 3.05) is 13.1 Å². The lowest BCUT2D eigenvalue weighted by atomic mass is 10.2. The van der Waals surface area contributed by atoms with E-state index < -0.39 is 5.97 Å². The van der Waals surface area contributed by atoms with Crippen molar-refractivity contribution in [3.05, 3.63) is 60.0 Å². The molecule has 1 amide bonds. The zero-order valence-electron chi connectivity index (χ0n) is 16.2. The zero-order chi connectivity index (χ0) is 20.2. The normalized spacial score (nSPS) is 14.9. The van der Waals surface area contributed by atoms with E-state index >= 15 is 0 Å². The lowest BCUT2D eigenvalue weighted by molar-refractivity contribution is -0.129. The number of hydrogen-bond acceptors (Lipinski definition) is 6. The van der Waals surface area contributed by atoms with Crippen LogP contribution in [0.2, 0.25) is 0 Å². The number of esters is 1. The fourth-order valence-corrected chi connectivity index (χ4v) is 4.36. The van der Waals surface area contributed by atoms with Crippen LogP contribution in [0.3, 0.4) is 0 Å². The van der Waals surface area contributed by atoms with Crippen LogP contribution in [0.15, 0.2) is 58.1 Å². The van der Waals surface area contributed by atoms with Gasteiger partial charge in [0.1, 0.15) is 23.0 Å². The van der Waals surface area contributed by atoms with Crippen molar-refractivity contribution in [3.63, 3.8) is 0 Å². The number of ether oxygens (including phenoxy) is 1. The Kier molecular flexibility index (Phi) is 5.85. The van der Waals surface area contributed by atoms with Crippen LogP contribution in [0.1, 0.15) is 35.9 Å². The molecule has 0 bridgehead atoms. The third-order valence-corrected chi connectivity index (χ3v) is 5.97. The Bertz CT molecular complexity index is 993. The van der Waals surface area contributed by atoms with Crippen LogP contribution >= 0.6 is 11.8 Å². The van der Waals surface area contributed by atoms with Crippen LogP contribution < -0.4 is 0 Å². The molecule has 3 aromatic rings. The Morgan fingerprint density at radius 3 is 2.79 bits per heavy atom. The van der Waals surface area contributed by atoms with Gasteiger partial charge in [-0.2, -0.15) is 0 Å². The van der Waals surface area contributed by atoms with Crippen molar-refractivity contribution >= 4 is 34.6 Å². The molecule has 1 fully saturated rings. The van der Waals surface area contributed by atoms with Gasteiger partial charge in [-0.25, -0.2) is 9.78 Å². The van der Waals surface area contributed by atoms with Gasteiger partial charge < -0.3 is 14.1 Å². The summed E-state index contributed by atoms with van der Waals surface area (Å²) in [4.78, 5) is 31.4. The predicted octanol–water partition coefficient (Wildman–Crippen LogP) is 4.29. The van der Waals surface area contributed by atoms with Gasteiger partial charge in [-0.3, -0.25) is 4.79 Å². The summed E-state index contributed by atoms with van der Waals surface area (Å²) in [5.74, 6) is 0.178. The zero-order valence-corrected chi connectivity index (χ0v) is 17.0. The molecule has 1 saturated heterocycles. The maximum atomic E-state index is 12.6. The number of carbonyl (C=O) groups is 2. The molecule has 0 N–H and O–H groups in total. The Hall–Kier alpha value is -2.80. The molecule has 1 aromatic carbocycles. The number of amides is 1. The second kappa shape index (κ2) is 8.69. The van der Waals surface area contributed by atoms with Crippen LogP contribution in [-0.4, -0.2) is 40.1 Å². The largest absolute Gasteiger partial charge is 0.457 e. The number of para-hydroxylation sites is 1. The van der Waals surface area contributed by atoms with Crippen molar-refractivity contribution < 1.29 is 18.7 Å². The van der Waals surface area contributed by atoms with Crippen molar-refractivity contribution in [1.29, 1.82) is 0 Å². The Labute approximate surface area is 173 Å². The highest BCUT2D eigenvalue weighted by Gasteiger charge is 2.26. The third-order valence-electron chi connectivity index (χ3n) is 4.87. The van der Waals surface area contributed by atoms with Crippen molar-refractivity contribution in [3.8, 4) is 0 Å². The summed E-state index contributed by atoms with van der Waals surface area (Å²) in [6, 6.07) is 12.9. The molecule has 7 heteroatoms. The highest BCUT2D eigenvalue weighted by atomic mass is 32.2. The van der Waals surface area contributed by atoms with Crippen molar-refractivity contribution in [2.24, 2.45) is 0 Å². The standard InChI is InChI=1S/C22H22N2O4S/c1-15(21(25)24-11-4-5-12-24)29-20-18(8-6-10-23-20)22(26)27-14-17-13-16-7-2-3-9-19(16)28-17/h2-3,6-10,13,15H,4-5,11-12,14H2,1H3. The van der Waals surface area contributed by atoms with E-state index in [0.717, 1.165) is 36.9 Å². The molecule has 1 aliphatic heterocycles. The average Bonchev–Trinajstić information content (AvgIpc) is 3.41. The summed E-state index contributed by atoms with van der Waals surface area (Å²) in [5, 5.41) is 1.15. The quantitative estimate of drug-likeness (QED) is 0.446. The number of fused-ring (bicyclic) bond motifs is 1. The van der Waals surface area contributed by atoms with Gasteiger partial charge in [0.2, 0.25) is 5.91 Å². The summed E-state index contributed by atoms with van der Waals surface area (Å²) in [7, 11) is 0. The fourth-order valence-electron chi connectivity index (χ4n) is 3.37. The lowest BCUT2D eigenvalue weighted by Gasteiger charge is -2.20. The van der Waals surface area contributed by atoms with Gasteiger partial charge in [0.05, 0.1) is 10.8 Å². The summed E-state index contributed by atoms with van der Waals surface area (Å²) in [6.07, 6.45) is 3.71. The molecule has 4 rings (SSSR count). The van der Waals surface area contributed by atoms with Crippen molar-refractivity contribution in [2.45, 2.75) is 36.6 Å². The van der Waals surface area contributed by atoms with Crippen LogP contribution in [0, 0.1) is 0 Å². The minimum absolute atomic E-state index is 0.0365. The highest BCUT2D eigenvalue weighted by Crippen LogP contribution is 2.28. The monoisotopic (exact) mass is 410 g/mol. The van der Waals surface area contributed by atoms with E-state index in [1.165, 1.54) is 11.8 Å². The summed E-state index contributed by atoms with van der Waals surface area (Å²) >= 11 is 1.29. The number of nitrogens with zero attached hydrogens (tertiary/aromatic N) is 2. The second-order valence-corrected chi connectivity index (χ2v) is 8.30. The topological polar surface area (TPSA) is 72.6 Å². The van der Waals surface area contributed by atoms with Gasteiger partial charge in [0, 0.05) is 24.7 Å². The number of carbonyl (C=O) groups excluding carboxylic acids is 2. The van der Waals surface area contributed by atoms with Crippen LogP contribution in [0.5, 0.6) is 0 Å². The number of aromatic nitrogens is 1. The smallest absolute Gasteiger partial charge is 0.341 e. The number of thioether (sulfide) groups is 1. The SMILES string of the molecule is CC(Sc1ncccc1C(=O)OCc1cc2ccccc2o1)C(=O)N1CCCC1. The first-order chi connectivity index (χ1) is 14.1. The maximum absolute atomic E-state index is 12.6. The molecule has 29 heavy (non-hydrogen) atoms. The van der Waals surface area contributed by atoms with E-state index in [4.69, 9.17) is 9.15 Å². The van der Waals surface area contributed by atoms with Gasteiger partial charge in [0.15, 0.2) is 0 Å². The van der Waals surface area contributed by atoms with Crippen LogP contribution in [0.25, 0.3) is 11.0 Å². The molecule has 1 aliphatic rings. The van der Waals surface area contributed by atoms with Gasteiger partial charge in [0.25, 0.3) is 0 Å². The minimum atomic E-state index is -0.484. The van der Waals surface area contributed by atoms with Crippen LogP contribution in [-0.2, 0) is 16.1 Å². The number of benzene rings is 1. The first-order valence-corrected chi connectivity index (χ1v) is 10.5. The molecular weight excluding hydrogens is 388 g/mol. The second-order valence-electron chi connectivity index (χ2n) is 6.98. The number of rotatable bonds is 6. The molecular formula is C22H22N2O4S. The van der Waals surface area contributed by atoms with Gasteiger partial charge in [-0.1, -0.05) is 30.0 Å². The number of pyridine rings is 1. The average molecular weight is 410 g/mol. The van der Waals surface area contributed by atoms with Gasteiger partial charge >= 0.3 is 5.97 Å². The van der Waals surface area contributed by atoms with E-state index in [-0.39, 0.29) is 17.8 Å². The molecule has 2 aromatic heterocycles. The van der Waals surface area contributed by atoms with E-state index in [9.17, 15) is 9.59 Å². The number of likely N-dealkylation sites (tertiary alicyclic amines) is 1. The predicted molar refractivity (Wildman–Crippen MR) is 111 cm³/mol. The number of hydrogen-bond donors (Lipinski definition) is 0. The van der Waals surface area contributed by atoms with E-state index in [1.54, 1.807) is 18.3 Å². The number of furan rings is 1. The lowest BCUT2D eigenvalue weighted by Crippen LogP contribution is -2.34. The molecule has 0 saturated carbocycles. The molecule has 1 unspecified atom stereocenters. The maximum Gasteiger partial charge on any atom is 0.341 e. The Balaban J connectivity index is 1.42. The molecule has 0 spiro atoms. The Morgan fingerprint density at radius 1 is 1.21 bits per heavy atom. The van der Waals surface area contributed by atoms with E-state index in [0.29, 0.717) is 16.3 Å². The first kappa shape index (κ1) is 19.5. The summed E-state index contributed by atoms with van der Waals surface area (Å²) in [5.41, 5.74) is 1.11. The van der Waals surface area contributed by atoms with Crippen molar-refractivity contribution in [1.82, 2.24) is 9.88 Å². The highest BCUT2D eigenvalue weighted by molar-refractivity contribution is 8.00. The molecule has 150 valence electrons. The van der Waals surface area contributed by atoms with Crippen LogP contribution in [0.4, 0.5) is 0 Å². The third kappa shape index (κ3) is 4.45. The Morgan fingerprint density at radius 2 is 2.00 bits per heavy atom. The van der Waals surface area contributed by atoms with E-state index in [2.05, 4.69) is 4.98 Å². The molecule has 6 nitrogen and oxygen atoms in total. The summed E-state index contributed by atoms with van der Waals surface area (Å²) in [6.45, 7) is 3.50. The fraction of sp³-hybridized carbons (Fsp3) is 0.318. The molecule has 1 atom stereocenters. The minimum Gasteiger partial charge on any atom is -0.457 e. The first-order valence-electron chi connectivity index (χ1n) is 9.67. The molecule has 3 heterocycles. The summed E-state index contributed by atoms with van der Waals surface area (Å²) < 4.78 is 11.1. The van der Waals surface area contributed by atoms with Gasteiger partial charge in [-0.15, -0.1) is 0 Å². The van der Waals surface area contributed by atoms with Gasteiger partial charge in [-0.05, 0) is 44.0 Å². The van der Waals surface area contributed by atoms with E-state index in [1.807, 2.05) is 42.2 Å². The molecule has 0 aliphatic carbocycles.